The molecule has 0 fully saturated rings. The highest BCUT2D eigenvalue weighted by atomic mass is 35.5. The monoisotopic (exact) mass is 575 g/mol. The van der Waals surface area contributed by atoms with Crippen LogP contribution in [-0.4, -0.2) is 34.1 Å². The molecule has 7 nitrogen and oxygen atoms in total. The van der Waals surface area contributed by atoms with Crippen LogP contribution in [0.2, 0.25) is 5.02 Å². The Hall–Kier alpha value is -3.92. The van der Waals surface area contributed by atoms with Gasteiger partial charge in [0.2, 0.25) is 5.13 Å². The standard InChI is InChI=1S/C29H22ClN3O4S2/c1-37-22-14-10-20(11-15-22)25-24(23(34)16-9-18-5-3-2-4-6-18)26(35)27(36)33(25)28-31-32-29(39-28)38-17-19-7-12-21(30)13-8-19/h2-16,25,35H,17H2,1H3. The van der Waals surface area contributed by atoms with Gasteiger partial charge in [-0.1, -0.05) is 95.4 Å². The number of ether oxygens (including phenoxy) is 1. The van der Waals surface area contributed by atoms with Crippen LogP contribution in [-0.2, 0) is 15.3 Å². The average Bonchev–Trinajstić information content (AvgIpc) is 3.54. The maximum absolute atomic E-state index is 13.4. The lowest BCUT2D eigenvalue weighted by Gasteiger charge is -2.23. The van der Waals surface area contributed by atoms with Gasteiger partial charge in [-0.05, 0) is 47.0 Å². The Kier molecular flexibility index (Phi) is 8.11. The minimum Gasteiger partial charge on any atom is -0.503 e. The van der Waals surface area contributed by atoms with Crippen LogP contribution in [0.1, 0.15) is 22.7 Å². The second-order valence-electron chi connectivity index (χ2n) is 8.49. The van der Waals surface area contributed by atoms with Gasteiger partial charge >= 0.3 is 0 Å². The molecule has 2 heterocycles. The Morgan fingerprint density at radius 1 is 1.08 bits per heavy atom. The van der Waals surface area contributed by atoms with Crippen molar-refractivity contribution in [1.29, 1.82) is 0 Å². The van der Waals surface area contributed by atoms with Crippen LogP contribution in [0.25, 0.3) is 6.08 Å². The summed E-state index contributed by atoms with van der Waals surface area (Å²) >= 11 is 8.66. The zero-order valence-corrected chi connectivity index (χ0v) is 23.0. The molecule has 1 unspecified atom stereocenters. The van der Waals surface area contributed by atoms with E-state index in [-0.39, 0.29) is 10.7 Å². The Morgan fingerprint density at radius 3 is 2.49 bits per heavy atom. The number of benzene rings is 3. The molecule has 4 aromatic rings. The molecule has 0 aliphatic carbocycles. The van der Waals surface area contributed by atoms with Crippen LogP contribution in [0.3, 0.4) is 0 Å². The molecule has 0 saturated heterocycles. The highest BCUT2D eigenvalue weighted by Crippen LogP contribution is 2.43. The second-order valence-corrected chi connectivity index (χ2v) is 11.1. The number of aromatic nitrogens is 2. The fourth-order valence-electron chi connectivity index (χ4n) is 4.07. The second kappa shape index (κ2) is 11.9. The first-order valence-corrected chi connectivity index (χ1v) is 14.0. The van der Waals surface area contributed by atoms with Crippen molar-refractivity contribution in [1.82, 2.24) is 10.2 Å². The molecule has 1 aliphatic heterocycles. The van der Waals surface area contributed by atoms with Crippen LogP contribution in [0.15, 0.2) is 101 Å². The molecule has 0 spiro atoms. The number of methoxy groups -OCH3 is 1. The van der Waals surface area contributed by atoms with E-state index in [0.717, 1.165) is 11.1 Å². The molecule has 1 N–H and O–H groups in total. The van der Waals surface area contributed by atoms with E-state index >= 15 is 0 Å². The molecular formula is C29H22ClN3O4S2. The van der Waals surface area contributed by atoms with Gasteiger partial charge < -0.3 is 9.84 Å². The number of amides is 1. The Morgan fingerprint density at radius 2 is 1.79 bits per heavy atom. The van der Waals surface area contributed by atoms with E-state index < -0.39 is 23.5 Å². The number of ketones is 1. The van der Waals surface area contributed by atoms with Crippen molar-refractivity contribution in [3.05, 3.63) is 118 Å². The topological polar surface area (TPSA) is 92.6 Å². The van der Waals surface area contributed by atoms with E-state index in [1.54, 1.807) is 37.5 Å². The van der Waals surface area contributed by atoms with E-state index in [1.807, 2.05) is 54.6 Å². The van der Waals surface area contributed by atoms with Gasteiger partial charge in [-0.25, -0.2) is 0 Å². The van der Waals surface area contributed by atoms with Gasteiger partial charge in [0.25, 0.3) is 5.91 Å². The number of halogens is 1. The average molecular weight is 576 g/mol. The lowest BCUT2D eigenvalue weighted by molar-refractivity contribution is -0.117. The van der Waals surface area contributed by atoms with Gasteiger partial charge in [-0.15, -0.1) is 10.2 Å². The number of aliphatic hydroxyl groups excluding tert-OH is 1. The van der Waals surface area contributed by atoms with Crippen molar-refractivity contribution in [2.24, 2.45) is 0 Å². The molecular weight excluding hydrogens is 554 g/mol. The number of allylic oxidation sites excluding steroid dienone is 1. The van der Waals surface area contributed by atoms with E-state index in [9.17, 15) is 14.7 Å². The van der Waals surface area contributed by atoms with Crippen molar-refractivity contribution >= 4 is 57.6 Å². The third-order valence-electron chi connectivity index (χ3n) is 6.01. The zero-order chi connectivity index (χ0) is 27.4. The van der Waals surface area contributed by atoms with Gasteiger partial charge in [-0.2, -0.15) is 0 Å². The summed E-state index contributed by atoms with van der Waals surface area (Å²) in [7, 11) is 1.56. The Balaban J connectivity index is 1.45. The molecule has 3 aromatic carbocycles. The number of carbonyl (C=O) groups excluding carboxylic acids is 2. The zero-order valence-electron chi connectivity index (χ0n) is 20.7. The van der Waals surface area contributed by atoms with E-state index in [2.05, 4.69) is 10.2 Å². The Labute approximate surface area is 238 Å². The number of hydrogen-bond donors (Lipinski definition) is 1. The summed E-state index contributed by atoms with van der Waals surface area (Å²) in [6, 6.07) is 22.9. The highest BCUT2D eigenvalue weighted by Gasteiger charge is 2.45. The summed E-state index contributed by atoms with van der Waals surface area (Å²) in [5, 5.41) is 20.4. The minimum absolute atomic E-state index is 0.0251. The Bertz CT molecular complexity index is 1550. The maximum Gasteiger partial charge on any atom is 0.296 e. The predicted octanol–water partition coefficient (Wildman–Crippen LogP) is 6.67. The molecule has 10 heteroatoms. The highest BCUT2D eigenvalue weighted by molar-refractivity contribution is 8.00. The van der Waals surface area contributed by atoms with Crippen molar-refractivity contribution in [3.63, 3.8) is 0 Å². The van der Waals surface area contributed by atoms with Crippen LogP contribution < -0.4 is 9.64 Å². The number of hydrogen-bond acceptors (Lipinski definition) is 8. The van der Waals surface area contributed by atoms with Crippen molar-refractivity contribution in [2.75, 3.05) is 12.0 Å². The number of aliphatic hydroxyl groups is 1. The fraction of sp³-hybridized carbons (Fsp3) is 0.103. The summed E-state index contributed by atoms with van der Waals surface area (Å²) in [5.41, 5.74) is 2.48. The summed E-state index contributed by atoms with van der Waals surface area (Å²) < 4.78 is 5.91. The normalized spacial score (nSPS) is 15.4. The number of nitrogens with zero attached hydrogens (tertiary/aromatic N) is 3. The van der Waals surface area contributed by atoms with Gasteiger partial charge in [0.1, 0.15) is 5.75 Å². The molecule has 1 atom stereocenters. The third-order valence-corrected chi connectivity index (χ3v) is 8.39. The van der Waals surface area contributed by atoms with Crippen LogP contribution >= 0.6 is 34.7 Å². The SMILES string of the molecule is COc1ccc(C2C(C(=O)C=Cc3ccccc3)=C(O)C(=O)N2c2nnc(SCc3ccc(Cl)cc3)s2)cc1. The first kappa shape index (κ1) is 26.7. The minimum atomic E-state index is -0.890. The number of thioether (sulfide) groups is 1. The lowest BCUT2D eigenvalue weighted by atomic mass is 9.95. The summed E-state index contributed by atoms with van der Waals surface area (Å²) in [6.45, 7) is 0. The molecule has 0 saturated carbocycles. The largest absolute Gasteiger partial charge is 0.503 e. The summed E-state index contributed by atoms with van der Waals surface area (Å²) in [6.07, 6.45) is 3.01. The lowest BCUT2D eigenvalue weighted by Crippen LogP contribution is -2.30. The first-order chi connectivity index (χ1) is 18.9. The van der Waals surface area contributed by atoms with Gasteiger partial charge in [-0.3, -0.25) is 14.5 Å². The predicted molar refractivity (Wildman–Crippen MR) is 154 cm³/mol. The number of carbonyl (C=O) groups is 2. The molecule has 1 aromatic heterocycles. The molecule has 39 heavy (non-hydrogen) atoms. The van der Waals surface area contributed by atoms with Gasteiger partial charge in [0, 0.05) is 10.8 Å². The maximum atomic E-state index is 13.4. The number of anilines is 1. The van der Waals surface area contributed by atoms with Crippen molar-refractivity contribution in [3.8, 4) is 5.75 Å². The molecule has 0 bridgehead atoms. The summed E-state index contributed by atoms with van der Waals surface area (Å²) in [4.78, 5) is 28.1. The van der Waals surface area contributed by atoms with Crippen LogP contribution in [0.5, 0.6) is 5.75 Å². The quantitative estimate of drug-likeness (QED) is 0.135. The van der Waals surface area contributed by atoms with Crippen molar-refractivity contribution < 1.29 is 19.4 Å². The van der Waals surface area contributed by atoms with Crippen LogP contribution in [0.4, 0.5) is 5.13 Å². The van der Waals surface area contributed by atoms with E-state index in [0.29, 0.717) is 26.4 Å². The summed E-state index contributed by atoms with van der Waals surface area (Å²) in [5.74, 6) is -0.535. The van der Waals surface area contributed by atoms with Gasteiger partial charge in [0.05, 0.1) is 18.7 Å². The van der Waals surface area contributed by atoms with Crippen molar-refractivity contribution in [2.45, 2.75) is 16.1 Å². The van der Waals surface area contributed by atoms with Gasteiger partial charge in [0.15, 0.2) is 15.9 Å². The van der Waals surface area contributed by atoms with E-state index in [1.165, 1.54) is 34.1 Å². The number of rotatable bonds is 9. The van der Waals surface area contributed by atoms with E-state index in [4.69, 9.17) is 16.3 Å². The fourth-order valence-corrected chi connectivity index (χ4v) is 6.01. The van der Waals surface area contributed by atoms with Crippen LogP contribution in [0, 0.1) is 0 Å². The third kappa shape index (κ3) is 5.90. The molecule has 1 amide bonds. The smallest absolute Gasteiger partial charge is 0.296 e. The molecule has 5 rings (SSSR count). The first-order valence-electron chi connectivity index (χ1n) is 11.8. The molecule has 1 aliphatic rings. The molecule has 196 valence electrons. The molecule has 0 radical (unpaired) electrons.